The zero-order chi connectivity index (χ0) is 45.4. The molecule has 0 spiro atoms. The molecule has 7 aromatic carbocycles. The molecule has 320 valence electrons. The lowest BCUT2D eigenvalue weighted by Crippen LogP contribution is -2.40. The van der Waals surface area contributed by atoms with Crippen LogP contribution in [0.5, 0.6) is 0 Å². The SMILES string of the molecule is COC(=O)C1(I)C=Cc2c3c(c4c(c2=C1)\C(c1ccccc1)=C(c1ccccc1)/C(c1ccccc1)=C(c1ccccc1)\C(c1ccccc1)=C/4c1ccccc1)=CC(I)(C(=O)OC)C=C3. The Balaban J connectivity index is 1.63. The van der Waals surface area contributed by atoms with Crippen LogP contribution in [0.25, 0.3) is 57.7 Å². The number of ether oxygens (including phenoxy) is 2. The first-order chi connectivity index (χ1) is 32.2. The van der Waals surface area contributed by atoms with E-state index in [1.807, 2.05) is 24.3 Å². The molecule has 10 rings (SSSR count). The van der Waals surface area contributed by atoms with E-state index in [4.69, 9.17) is 9.47 Å². The highest BCUT2D eigenvalue weighted by atomic mass is 127. The normalized spacial score (nSPS) is 21.8. The number of halogens is 2. The zero-order valence-electron chi connectivity index (χ0n) is 36.2. The monoisotopic (exact) mass is 1080 g/mol. The third-order valence-electron chi connectivity index (χ3n) is 12.5. The molecule has 0 fully saturated rings. The van der Waals surface area contributed by atoms with Crippen molar-refractivity contribution in [3.8, 4) is 0 Å². The number of fused-ring (bicyclic) bond motifs is 6. The van der Waals surface area contributed by atoms with E-state index in [0.717, 1.165) is 99.5 Å². The lowest BCUT2D eigenvalue weighted by molar-refractivity contribution is -0.140. The number of alkyl halides is 2. The Morgan fingerprint density at radius 3 is 0.833 bits per heavy atom. The Kier molecular flexibility index (Phi) is 11.8. The van der Waals surface area contributed by atoms with Gasteiger partial charge in [0.15, 0.2) is 6.84 Å². The fourth-order valence-corrected chi connectivity index (χ4v) is 11.0. The van der Waals surface area contributed by atoms with E-state index in [-0.39, 0.29) is 11.9 Å². The minimum atomic E-state index is -1.15. The Labute approximate surface area is 412 Å². The molecule has 0 radical (unpaired) electrons. The molecule has 0 saturated heterocycles. The highest BCUT2D eigenvalue weighted by Crippen LogP contribution is 2.53. The van der Waals surface area contributed by atoms with Crippen molar-refractivity contribution in [1.29, 1.82) is 0 Å². The van der Waals surface area contributed by atoms with Crippen LogP contribution >= 0.6 is 45.2 Å². The van der Waals surface area contributed by atoms with E-state index in [0.29, 0.717) is 0 Å². The van der Waals surface area contributed by atoms with Gasteiger partial charge in [-0.05, 0) is 112 Å². The lowest BCUT2D eigenvalue weighted by atomic mass is 9.69. The maximum atomic E-state index is 14.1. The molecule has 0 aromatic heterocycles. The lowest BCUT2D eigenvalue weighted by Gasteiger charge is -2.34. The van der Waals surface area contributed by atoms with Gasteiger partial charge in [-0.3, -0.25) is 0 Å². The van der Waals surface area contributed by atoms with Crippen LogP contribution in [0, 0.1) is 0 Å². The molecule has 3 aliphatic rings. The molecule has 4 nitrogen and oxygen atoms in total. The van der Waals surface area contributed by atoms with E-state index in [1.165, 1.54) is 14.2 Å². The number of esters is 2. The first kappa shape index (κ1) is 43.3. The fraction of sp³-hybridized carbons (Fsp3) is 0.0667. The van der Waals surface area contributed by atoms with Crippen molar-refractivity contribution in [3.63, 3.8) is 0 Å². The molecule has 0 aliphatic heterocycles. The molecular formula is C60H42I2O4. The molecule has 66 heavy (non-hydrogen) atoms. The van der Waals surface area contributed by atoms with E-state index in [2.05, 4.69) is 239 Å². The van der Waals surface area contributed by atoms with Gasteiger partial charge in [-0.15, -0.1) is 0 Å². The average Bonchev–Trinajstić information content (AvgIpc) is 3.37. The van der Waals surface area contributed by atoms with Crippen molar-refractivity contribution in [2.75, 3.05) is 14.2 Å². The summed E-state index contributed by atoms with van der Waals surface area (Å²) in [4.78, 5) is 28.1. The first-order valence-corrected chi connectivity index (χ1v) is 23.9. The van der Waals surface area contributed by atoms with E-state index in [9.17, 15) is 9.59 Å². The van der Waals surface area contributed by atoms with Crippen molar-refractivity contribution in [2.45, 2.75) is 6.84 Å². The zero-order valence-corrected chi connectivity index (χ0v) is 40.5. The van der Waals surface area contributed by atoms with Crippen molar-refractivity contribution in [1.82, 2.24) is 0 Å². The molecule has 0 amide bonds. The third-order valence-corrected chi connectivity index (χ3v) is 14.7. The van der Waals surface area contributed by atoms with Crippen molar-refractivity contribution >= 4 is 115 Å². The number of methoxy groups -OCH3 is 2. The van der Waals surface area contributed by atoms with Gasteiger partial charge < -0.3 is 9.47 Å². The van der Waals surface area contributed by atoms with Gasteiger partial charge in [0.25, 0.3) is 0 Å². The van der Waals surface area contributed by atoms with Gasteiger partial charge >= 0.3 is 11.9 Å². The van der Waals surface area contributed by atoms with Crippen molar-refractivity contribution in [2.24, 2.45) is 0 Å². The molecule has 0 heterocycles. The Bertz CT molecular complexity index is 3110. The Morgan fingerprint density at radius 2 is 0.591 bits per heavy atom. The minimum Gasteiger partial charge on any atom is -0.468 e. The molecule has 6 heteroatoms. The molecule has 0 N–H and O–H groups in total. The average molecular weight is 1080 g/mol. The van der Waals surface area contributed by atoms with Crippen LogP contribution in [0.1, 0.15) is 55.6 Å². The van der Waals surface area contributed by atoms with E-state index >= 15 is 0 Å². The van der Waals surface area contributed by atoms with Crippen LogP contribution < -0.4 is 10.4 Å². The predicted molar refractivity (Wildman–Crippen MR) is 288 cm³/mol. The minimum absolute atomic E-state index is 0.380. The molecule has 0 bridgehead atoms. The van der Waals surface area contributed by atoms with Crippen LogP contribution in [-0.2, 0) is 19.1 Å². The third kappa shape index (κ3) is 7.55. The molecule has 2 unspecified atom stereocenters. The first-order valence-electron chi connectivity index (χ1n) is 21.7. The molecule has 7 aromatic rings. The summed E-state index contributed by atoms with van der Waals surface area (Å²) >= 11 is 4.46. The number of allylic oxidation sites excluding steroid dienone is 4. The van der Waals surface area contributed by atoms with Crippen LogP contribution in [-0.4, -0.2) is 33.0 Å². The second-order valence-corrected chi connectivity index (χ2v) is 19.9. The summed E-state index contributed by atoms with van der Waals surface area (Å²) in [6, 6.07) is 63.9. The Morgan fingerprint density at radius 1 is 0.364 bits per heavy atom. The second kappa shape index (κ2) is 18.0. The Hall–Kier alpha value is -6.62. The van der Waals surface area contributed by atoms with Gasteiger partial charge in [0.1, 0.15) is 0 Å². The smallest absolute Gasteiger partial charge is 0.329 e. The maximum absolute atomic E-state index is 14.1. The topological polar surface area (TPSA) is 52.6 Å². The fourth-order valence-electron chi connectivity index (χ4n) is 9.61. The predicted octanol–water partition coefficient (Wildman–Crippen LogP) is 12.5. The van der Waals surface area contributed by atoms with Crippen molar-refractivity contribution in [3.05, 3.63) is 260 Å². The van der Waals surface area contributed by atoms with E-state index < -0.39 is 6.84 Å². The highest BCUT2D eigenvalue weighted by molar-refractivity contribution is 14.1. The van der Waals surface area contributed by atoms with Gasteiger partial charge in [-0.2, -0.15) is 0 Å². The number of benzene rings is 7. The standard InChI is InChI=1S/C60H42I2O4/c1-65-57(63)59(61)35-33-45-46-34-36-60(62,58(64)66-2)38-48(46)56-54(44-31-19-8-20-32-44)52(42-27-15-6-16-28-42)50(40-23-11-4-12-24-40)49(39-21-9-3-10-22-39)51(41-25-13-5-14-26-41)53(55(56)47(45)37-59)43-29-17-7-18-30-43/h3-38H,1-2H3/b50-49-,51-49?,52-50?,53-51-,54-52-,55-53?,56-54?. The van der Waals surface area contributed by atoms with Crippen LogP contribution in [0.15, 0.2) is 194 Å². The highest BCUT2D eigenvalue weighted by Gasteiger charge is 2.41. The van der Waals surface area contributed by atoms with Crippen LogP contribution in [0.3, 0.4) is 0 Å². The summed E-state index contributed by atoms with van der Waals surface area (Å²) in [5, 5.41) is 1.76. The summed E-state index contributed by atoms with van der Waals surface area (Å²) in [7, 11) is 2.88. The quantitative estimate of drug-likeness (QED) is 0.0864. The van der Waals surface area contributed by atoms with Gasteiger partial charge in [0, 0.05) is 0 Å². The van der Waals surface area contributed by atoms with E-state index in [1.54, 1.807) is 0 Å². The van der Waals surface area contributed by atoms with Gasteiger partial charge in [-0.25, -0.2) is 9.59 Å². The van der Waals surface area contributed by atoms with Gasteiger partial charge in [0.2, 0.25) is 0 Å². The molecule has 0 saturated carbocycles. The number of carbonyl (C=O) groups excluding carboxylic acids is 2. The molecule has 2 atom stereocenters. The summed E-state index contributed by atoms with van der Waals surface area (Å²) in [6.07, 6.45) is 12.1. The van der Waals surface area contributed by atoms with Gasteiger partial charge in [0.05, 0.1) is 14.2 Å². The van der Waals surface area contributed by atoms with Crippen LogP contribution in [0.4, 0.5) is 0 Å². The van der Waals surface area contributed by atoms with Crippen LogP contribution in [0.2, 0.25) is 0 Å². The molecule has 3 aliphatic carbocycles. The summed E-state index contributed by atoms with van der Waals surface area (Å²) in [6.45, 7) is 0. The number of rotatable bonds is 8. The maximum Gasteiger partial charge on any atom is 0.329 e. The number of carbonyl (C=O) groups is 2. The largest absolute Gasteiger partial charge is 0.468 e. The molecular weight excluding hydrogens is 1040 g/mol. The summed E-state index contributed by atoms with van der Waals surface area (Å²) in [5.74, 6) is -0.759. The number of hydrogen-bond acceptors (Lipinski definition) is 4. The second-order valence-electron chi connectivity index (χ2n) is 16.3. The summed E-state index contributed by atoms with van der Waals surface area (Å²) < 4.78 is 8.81. The summed E-state index contributed by atoms with van der Waals surface area (Å²) in [5.41, 5.74) is 15.8. The van der Waals surface area contributed by atoms with Gasteiger partial charge in [-0.1, -0.05) is 251 Å². The van der Waals surface area contributed by atoms with Crippen molar-refractivity contribution < 1.29 is 19.1 Å². The number of hydrogen-bond donors (Lipinski definition) is 0.